The lowest BCUT2D eigenvalue weighted by Gasteiger charge is -2.44. The van der Waals surface area contributed by atoms with E-state index in [0.717, 1.165) is 25.6 Å². The molecule has 2 heteroatoms. The van der Waals surface area contributed by atoms with Gasteiger partial charge in [-0.3, -0.25) is 4.90 Å². The van der Waals surface area contributed by atoms with Gasteiger partial charge in [-0.15, -0.1) is 0 Å². The van der Waals surface area contributed by atoms with Gasteiger partial charge < -0.3 is 5.32 Å². The number of nitrogens with zero attached hydrogens (tertiary/aromatic N) is 1. The summed E-state index contributed by atoms with van der Waals surface area (Å²) >= 11 is 0. The van der Waals surface area contributed by atoms with E-state index in [-0.39, 0.29) is 5.54 Å². The average Bonchev–Trinajstić information content (AvgIpc) is 2.39. The third kappa shape index (κ3) is 3.58. The van der Waals surface area contributed by atoms with Crippen LogP contribution in [0, 0.1) is 5.92 Å². The number of hydrogen-bond acceptors (Lipinski definition) is 2. The molecule has 0 spiro atoms. The first-order valence-corrected chi connectivity index (χ1v) is 7.56. The number of piperazine rings is 1. The van der Waals surface area contributed by atoms with Crippen LogP contribution < -0.4 is 5.32 Å². The monoisotopic (exact) mass is 260 g/mol. The molecule has 2 nitrogen and oxygen atoms in total. The zero-order chi connectivity index (χ0) is 13.9. The minimum absolute atomic E-state index is 0.0880. The summed E-state index contributed by atoms with van der Waals surface area (Å²) in [6.07, 6.45) is 1.28. The lowest BCUT2D eigenvalue weighted by Crippen LogP contribution is -2.58. The van der Waals surface area contributed by atoms with Crippen LogP contribution >= 0.6 is 0 Å². The maximum absolute atomic E-state index is 3.71. The molecule has 106 valence electrons. The van der Waals surface area contributed by atoms with Crippen molar-refractivity contribution in [1.82, 2.24) is 10.2 Å². The van der Waals surface area contributed by atoms with Crippen molar-refractivity contribution in [3.63, 3.8) is 0 Å². The molecule has 0 saturated carbocycles. The van der Waals surface area contributed by atoms with Crippen molar-refractivity contribution in [3.05, 3.63) is 35.9 Å². The predicted octanol–water partition coefficient (Wildman–Crippen LogP) is 3.24. The lowest BCUT2D eigenvalue weighted by molar-refractivity contribution is 0.0963. The molecule has 1 fully saturated rings. The van der Waals surface area contributed by atoms with Crippen LogP contribution in [0.2, 0.25) is 0 Å². The van der Waals surface area contributed by atoms with Crippen molar-refractivity contribution in [2.24, 2.45) is 5.92 Å². The summed E-state index contributed by atoms with van der Waals surface area (Å²) in [4.78, 5) is 2.64. The summed E-state index contributed by atoms with van der Waals surface area (Å²) in [6, 6.07) is 11.5. The van der Waals surface area contributed by atoms with E-state index < -0.39 is 0 Å². The van der Waals surface area contributed by atoms with E-state index in [1.54, 1.807) is 0 Å². The van der Waals surface area contributed by atoms with Crippen molar-refractivity contribution >= 4 is 0 Å². The molecule has 2 atom stereocenters. The Labute approximate surface area is 118 Å². The van der Waals surface area contributed by atoms with Gasteiger partial charge in [0.2, 0.25) is 0 Å². The van der Waals surface area contributed by atoms with E-state index in [4.69, 9.17) is 0 Å². The third-order valence-corrected chi connectivity index (χ3v) is 4.28. The van der Waals surface area contributed by atoms with Gasteiger partial charge in [-0.05, 0) is 31.7 Å². The summed E-state index contributed by atoms with van der Waals surface area (Å²) in [5, 5.41) is 3.71. The van der Waals surface area contributed by atoms with Crippen LogP contribution in [-0.4, -0.2) is 30.6 Å². The molecule has 1 aromatic rings. The SMILES string of the molecule is CC(C)CC(C)N1CCNC(C)(c2ccccc2)C1. The van der Waals surface area contributed by atoms with E-state index in [1.807, 2.05) is 0 Å². The topological polar surface area (TPSA) is 15.3 Å². The Balaban J connectivity index is 2.08. The van der Waals surface area contributed by atoms with Gasteiger partial charge in [0, 0.05) is 25.7 Å². The molecule has 19 heavy (non-hydrogen) atoms. The molecule has 1 N–H and O–H groups in total. The van der Waals surface area contributed by atoms with Crippen molar-refractivity contribution in [3.8, 4) is 0 Å². The van der Waals surface area contributed by atoms with Gasteiger partial charge in [-0.25, -0.2) is 0 Å². The Kier molecular flexibility index (Phi) is 4.64. The summed E-state index contributed by atoms with van der Waals surface area (Å²) in [5.74, 6) is 0.771. The summed E-state index contributed by atoms with van der Waals surface area (Å²) < 4.78 is 0. The standard InChI is InChI=1S/C17H28N2/c1-14(2)12-15(3)19-11-10-18-17(4,13-19)16-8-6-5-7-9-16/h5-9,14-15,18H,10-13H2,1-4H3. The zero-order valence-corrected chi connectivity index (χ0v) is 12.8. The van der Waals surface area contributed by atoms with Crippen LogP contribution in [0.15, 0.2) is 30.3 Å². The van der Waals surface area contributed by atoms with E-state index >= 15 is 0 Å². The fourth-order valence-corrected chi connectivity index (χ4v) is 3.22. The maximum Gasteiger partial charge on any atom is 0.0535 e. The predicted molar refractivity (Wildman–Crippen MR) is 82.3 cm³/mol. The Morgan fingerprint density at radius 1 is 1.21 bits per heavy atom. The van der Waals surface area contributed by atoms with E-state index in [2.05, 4.69) is 68.2 Å². The van der Waals surface area contributed by atoms with Crippen LogP contribution in [0.3, 0.4) is 0 Å². The van der Waals surface area contributed by atoms with Gasteiger partial charge in [0.15, 0.2) is 0 Å². The number of rotatable bonds is 4. The van der Waals surface area contributed by atoms with Crippen molar-refractivity contribution < 1.29 is 0 Å². The highest BCUT2D eigenvalue weighted by Crippen LogP contribution is 2.26. The van der Waals surface area contributed by atoms with Crippen molar-refractivity contribution in [1.29, 1.82) is 0 Å². The van der Waals surface area contributed by atoms with Crippen LogP contribution in [0.4, 0.5) is 0 Å². The van der Waals surface area contributed by atoms with Crippen molar-refractivity contribution in [2.75, 3.05) is 19.6 Å². The Bertz CT molecular complexity index is 388. The molecule has 1 heterocycles. The molecule has 0 aliphatic carbocycles. The second kappa shape index (κ2) is 6.06. The molecule has 1 aliphatic heterocycles. The van der Waals surface area contributed by atoms with Gasteiger partial charge in [0.1, 0.15) is 0 Å². The Morgan fingerprint density at radius 3 is 2.53 bits per heavy atom. The molecule has 1 aromatic carbocycles. The average molecular weight is 260 g/mol. The first kappa shape index (κ1) is 14.5. The van der Waals surface area contributed by atoms with Crippen LogP contribution in [0.5, 0.6) is 0 Å². The highest BCUT2D eigenvalue weighted by atomic mass is 15.2. The highest BCUT2D eigenvalue weighted by molar-refractivity contribution is 5.25. The minimum atomic E-state index is 0.0880. The first-order valence-electron chi connectivity index (χ1n) is 7.56. The number of nitrogens with one attached hydrogen (secondary N) is 1. The summed E-state index contributed by atoms with van der Waals surface area (Å²) in [6.45, 7) is 12.7. The van der Waals surface area contributed by atoms with Gasteiger partial charge in [0.25, 0.3) is 0 Å². The maximum atomic E-state index is 3.71. The molecule has 2 unspecified atom stereocenters. The third-order valence-electron chi connectivity index (χ3n) is 4.28. The molecule has 0 aromatic heterocycles. The van der Waals surface area contributed by atoms with E-state index in [9.17, 15) is 0 Å². The molecule has 0 amide bonds. The first-order chi connectivity index (χ1) is 9.01. The molecule has 0 bridgehead atoms. The normalized spacial score (nSPS) is 26.6. The van der Waals surface area contributed by atoms with Gasteiger partial charge in [-0.1, -0.05) is 44.2 Å². The molecular formula is C17H28N2. The fraction of sp³-hybridized carbons (Fsp3) is 0.647. The smallest absolute Gasteiger partial charge is 0.0535 e. The van der Waals surface area contributed by atoms with Gasteiger partial charge in [0.05, 0.1) is 5.54 Å². The lowest BCUT2D eigenvalue weighted by atomic mass is 9.88. The quantitative estimate of drug-likeness (QED) is 0.894. The van der Waals surface area contributed by atoms with Crippen molar-refractivity contribution in [2.45, 2.75) is 45.7 Å². The fourth-order valence-electron chi connectivity index (χ4n) is 3.22. The summed E-state index contributed by atoms with van der Waals surface area (Å²) in [7, 11) is 0. The molecule has 1 saturated heterocycles. The van der Waals surface area contributed by atoms with E-state index in [0.29, 0.717) is 6.04 Å². The number of benzene rings is 1. The molecule has 2 rings (SSSR count). The molecule has 0 radical (unpaired) electrons. The van der Waals surface area contributed by atoms with Gasteiger partial charge in [-0.2, -0.15) is 0 Å². The molecular weight excluding hydrogens is 232 g/mol. The van der Waals surface area contributed by atoms with E-state index in [1.165, 1.54) is 12.0 Å². The summed E-state index contributed by atoms with van der Waals surface area (Å²) in [5.41, 5.74) is 1.49. The number of hydrogen-bond donors (Lipinski definition) is 1. The van der Waals surface area contributed by atoms with Crippen LogP contribution in [0.25, 0.3) is 0 Å². The zero-order valence-electron chi connectivity index (χ0n) is 12.8. The highest BCUT2D eigenvalue weighted by Gasteiger charge is 2.33. The van der Waals surface area contributed by atoms with Crippen LogP contribution in [-0.2, 0) is 5.54 Å². The molecule has 1 aliphatic rings. The van der Waals surface area contributed by atoms with Gasteiger partial charge >= 0.3 is 0 Å². The second-order valence-electron chi connectivity index (χ2n) is 6.57. The Hall–Kier alpha value is -0.860. The Morgan fingerprint density at radius 2 is 1.89 bits per heavy atom. The second-order valence-corrected chi connectivity index (χ2v) is 6.57. The minimum Gasteiger partial charge on any atom is -0.305 e. The van der Waals surface area contributed by atoms with Crippen LogP contribution in [0.1, 0.15) is 39.7 Å². The largest absolute Gasteiger partial charge is 0.305 e.